The average Bonchev–Trinajstić information content (AvgIpc) is 3.51. The van der Waals surface area contributed by atoms with Gasteiger partial charge < -0.3 is 4.42 Å². The molecule has 0 atom stereocenters. The maximum Gasteiger partial charge on any atom is 0.143 e. The van der Waals surface area contributed by atoms with Crippen molar-refractivity contribution in [3.05, 3.63) is 158 Å². The van der Waals surface area contributed by atoms with Gasteiger partial charge in [-0.3, -0.25) is 0 Å². The van der Waals surface area contributed by atoms with E-state index in [2.05, 4.69) is 54.6 Å². The van der Waals surface area contributed by atoms with Crippen molar-refractivity contribution in [1.82, 2.24) is 0 Å². The first kappa shape index (κ1) is 20.3. The topological polar surface area (TPSA) is 13.1 Å². The van der Waals surface area contributed by atoms with E-state index >= 15 is 0 Å². The number of hydrogen-bond donors (Lipinski definition) is 0. The van der Waals surface area contributed by atoms with Gasteiger partial charge in [0.2, 0.25) is 0 Å². The number of rotatable bonds is 3. The van der Waals surface area contributed by atoms with Crippen molar-refractivity contribution in [2.45, 2.75) is 0 Å². The molecule has 0 spiro atoms. The van der Waals surface area contributed by atoms with Crippen molar-refractivity contribution >= 4 is 54.3 Å². The molecular weight excluding hydrogens is 520 g/mol. The molecule has 1 aromatic heterocycles. The van der Waals surface area contributed by atoms with Gasteiger partial charge in [0.1, 0.15) is 11.2 Å². The van der Waals surface area contributed by atoms with Crippen LogP contribution in [0.5, 0.6) is 0 Å². The van der Waals surface area contributed by atoms with E-state index in [0.29, 0.717) is 16.7 Å². The van der Waals surface area contributed by atoms with Crippen LogP contribution >= 0.6 is 0 Å². The summed E-state index contributed by atoms with van der Waals surface area (Å²) >= 11 is 0. The number of para-hydroxylation sites is 1. The van der Waals surface area contributed by atoms with Gasteiger partial charge in [0.05, 0.1) is 5.48 Å². The van der Waals surface area contributed by atoms with E-state index in [4.69, 9.17) is 8.53 Å². The fourth-order valence-corrected chi connectivity index (χ4v) is 6.63. The van der Waals surface area contributed by atoms with Crippen LogP contribution in [0.4, 0.5) is 0 Å². The lowest BCUT2D eigenvalue weighted by atomic mass is 9.85. The van der Waals surface area contributed by atoms with Gasteiger partial charge in [-0.2, -0.15) is 0 Å². The molecular formula is C42H26O. The highest BCUT2D eigenvalue weighted by molar-refractivity contribution is 6.25. The largest absolute Gasteiger partial charge is 0.455 e. The van der Waals surface area contributed by atoms with E-state index in [0.717, 1.165) is 70.9 Å². The first-order valence-electron chi connectivity index (χ1n) is 16.5. The van der Waals surface area contributed by atoms with Gasteiger partial charge in [-0.1, -0.05) is 146 Å². The van der Waals surface area contributed by atoms with Crippen molar-refractivity contribution < 1.29 is 9.90 Å². The number of fused-ring (bicyclic) bond motifs is 7. The second-order valence-corrected chi connectivity index (χ2v) is 10.9. The van der Waals surface area contributed by atoms with Gasteiger partial charge in [-0.05, 0) is 61.3 Å². The molecule has 1 nitrogen and oxygen atoms in total. The molecule has 0 N–H and O–H groups in total. The van der Waals surface area contributed by atoms with Crippen molar-refractivity contribution in [2.75, 3.05) is 0 Å². The number of hydrogen-bond acceptors (Lipinski definition) is 1. The molecule has 0 aliphatic rings. The summed E-state index contributed by atoms with van der Waals surface area (Å²) < 4.78 is 43.0. The molecule has 0 saturated carbocycles. The Morgan fingerprint density at radius 2 is 0.977 bits per heavy atom. The smallest absolute Gasteiger partial charge is 0.143 e. The molecule has 1 heterocycles. The van der Waals surface area contributed by atoms with E-state index in [1.807, 2.05) is 78.9 Å². The molecule has 0 fully saturated rings. The minimum atomic E-state index is -0.189. The van der Waals surface area contributed by atoms with Gasteiger partial charge in [0.25, 0.3) is 0 Å². The van der Waals surface area contributed by atoms with Gasteiger partial charge >= 0.3 is 0 Å². The van der Waals surface area contributed by atoms with E-state index in [1.165, 1.54) is 0 Å². The Kier molecular flexibility index (Phi) is 4.45. The van der Waals surface area contributed by atoms with E-state index < -0.39 is 0 Å². The predicted molar refractivity (Wildman–Crippen MR) is 183 cm³/mol. The Morgan fingerprint density at radius 1 is 0.395 bits per heavy atom. The van der Waals surface area contributed by atoms with Gasteiger partial charge in [-0.15, -0.1) is 0 Å². The van der Waals surface area contributed by atoms with Crippen LogP contribution in [0.3, 0.4) is 0 Å². The SMILES string of the molecule is [2H]c1c([2H])c(-c2ccccc2)c([2H])c(-c2c3ccccc3c(-c3cccc4c3oc3c5ccccc5ccc43)c3ccccc23)c1[2H]. The Balaban J connectivity index is 1.42. The third-order valence-corrected chi connectivity index (χ3v) is 8.53. The molecule has 200 valence electrons. The zero-order valence-electron chi connectivity index (χ0n) is 27.1. The molecule has 1 heteroatoms. The molecule has 0 radical (unpaired) electrons. The molecule has 9 rings (SSSR count). The van der Waals surface area contributed by atoms with Gasteiger partial charge in [-0.25, -0.2) is 0 Å². The van der Waals surface area contributed by atoms with Crippen LogP contribution in [0.1, 0.15) is 5.48 Å². The summed E-state index contributed by atoms with van der Waals surface area (Å²) in [5, 5.41) is 7.97. The minimum Gasteiger partial charge on any atom is -0.455 e. The van der Waals surface area contributed by atoms with Crippen LogP contribution in [0.15, 0.2) is 162 Å². The zero-order valence-corrected chi connectivity index (χ0v) is 23.1. The van der Waals surface area contributed by atoms with E-state index in [1.54, 1.807) is 0 Å². The molecule has 0 aliphatic heterocycles. The minimum absolute atomic E-state index is 0.0801. The van der Waals surface area contributed by atoms with Gasteiger partial charge in [0, 0.05) is 27.3 Å². The summed E-state index contributed by atoms with van der Waals surface area (Å²) in [4.78, 5) is 0. The first-order chi connectivity index (χ1) is 23.0. The summed E-state index contributed by atoms with van der Waals surface area (Å²) in [7, 11) is 0. The quantitative estimate of drug-likeness (QED) is 0.199. The fourth-order valence-electron chi connectivity index (χ4n) is 6.63. The van der Waals surface area contributed by atoms with Crippen molar-refractivity contribution in [1.29, 1.82) is 0 Å². The van der Waals surface area contributed by atoms with Crippen LogP contribution in [0, 0.1) is 0 Å². The lowest BCUT2D eigenvalue weighted by Crippen LogP contribution is -1.91. The molecule has 0 aliphatic carbocycles. The Bertz CT molecular complexity index is 2670. The lowest BCUT2D eigenvalue weighted by Gasteiger charge is -2.18. The van der Waals surface area contributed by atoms with Crippen LogP contribution < -0.4 is 0 Å². The molecule has 0 unspecified atom stereocenters. The highest BCUT2D eigenvalue weighted by Gasteiger charge is 2.20. The maximum atomic E-state index is 9.47. The summed E-state index contributed by atoms with van der Waals surface area (Å²) in [6.45, 7) is 0. The average molecular weight is 551 g/mol. The van der Waals surface area contributed by atoms with Crippen molar-refractivity contribution in [2.24, 2.45) is 0 Å². The number of benzene rings is 8. The maximum absolute atomic E-state index is 9.47. The molecule has 0 amide bonds. The molecule has 43 heavy (non-hydrogen) atoms. The molecule has 0 bridgehead atoms. The van der Waals surface area contributed by atoms with E-state index in [-0.39, 0.29) is 24.2 Å². The second-order valence-electron chi connectivity index (χ2n) is 10.9. The van der Waals surface area contributed by atoms with E-state index in [9.17, 15) is 1.37 Å². The second kappa shape index (κ2) is 9.44. The van der Waals surface area contributed by atoms with Crippen LogP contribution in [0.2, 0.25) is 0 Å². The highest BCUT2D eigenvalue weighted by Crippen LogP contribution is 2.47. The fraction of sp³-hybridized carbons (Fsp3) is 0. The third kappa shape index (κ3) is 3.65. The van der Waals surface area contributed by atoms with Crippen molar-refractivity contribution in [3.8, 4) is 33.4 Å². The first-order valence-corrected chi connectivity index (χ1v) is 14.5. The standard InChI is InChI=1S/C42H26O/c1-2-12-27(13-3-1)29-15-10-16-30(26-29)39-32-18-6-8-20-34(32)40(35-21-9-7-19-33(35)39)38-23-11-22-36-37-25-24-28-14-4-5-17-31(28)41(37)43-42(36)38/h1-26H/i10D,15D,16D,26D. The molecule has 0 saturated heterocycles. The summed E-state index contributed by atoms with van der Waals surface area (Å²) in [6, 6.07) is 44.1. The van der Waals surface area contributed by atoms with Crippen LogP contribution in [0.25, 0.3) is 87.6 Å². The predicted octanol–water partition coefficient (Wildman–Crippen LogP) is 12.0. The highest BCUT2D eigenvalue weighted by atomic mass is 16.3. The number of furan rings is 1. The Labute approximate surface area is 254 Å². The normalized spacial score (nSPS) is 13.0. The van der Waals surface area contributed by atoms with Crippen LogP contribution in [-0.4, -0.2) is 0 Å². The lowest BCUT2D eigenvalue weighted by molar-refractivity contribution is 0.674. The van der Waals surface area contributed by atoms with Gasteiger partial charge in [0.15, 0.2) is 0 Å². The molecule has 9 aromatic rings. The monoisotopic (exact) mass is 550 g/mol. The zero-order chi connectivity index (χ0) is 31.8. The summed E-state index contributed by atoms with van der Waals surface area (Å²) in [6.07, 6.45) is 0. The summed E-state index contributed by atoms with van der Waals surface area (Å²) in [5.74, 6) is 0. The van der Waals surface area contributed by atoms with Crippen molar-refractivity contribution in [3.63, 3.8) is 0 Å². The third-order valence-electron chi connectivity index (χ3n) is 8.53. The van der Waals surface area contributed by atoms with Crippen LogP contribution in [-0.2, 0) is 0 Å². The molecule has 8 aromatic carbocycles. The Hall–Kier alpha value is -5.66. The summed E-state index contributed by atoms with van der Waals surface area (Å²) in [5.41, 5.74) is 5.78. The Morgan fingerprint density at radius 3 is 1.72 bits per heavy atom.